The minimum atomic E-state index is 0. The zero-order chi connectivity index (χ0) is 16.4. The number of hydrogen-bond acceptors (Lipinski definition) is 4. The number of carbonyl (C=O) groups excluding carboxylic acids is 2. The summed E-state index contributed by atoms with van der Waals surface area (Å²) in [4.78, 5) is 28.5. The van der Waals surface area contributed by atoms with Crippen LogP contribution in [0.2, 0.25) is 0 Å². The highest BCUT2D eigenvalue weighted by molar-refractivity contribution is 7.13. The van der Waals surface area contributed by atoms with Crippen LogP contribution in [0.15, 0.2) is 12.1 Å². The van der Waals surface area contributed by atoms with Gasteiger partial charge in [-0.3, -0.25) is 9.59 Å². The molecule has 1 aliphatic heterocycles. The zero-order valence-electron chi connectivity index (χ0n) is 14.0. The second-order valence-corrected chi connectivity index (χ2v) is 8.04. The molecular formula is C17H26ClN3O2S. The normalized spacial score (nSPS) is 24.5. The molecule has 1 aromatic rings. The molecule has 24 heavy (non-hydrogen) atoms. The lowest BCUT2D eigenvalue weighted by molar-refractivity contribution is -0.136. The van der Waals surface area contributed by atoms with Crippen molar-refractivity contribution in [3.05, 3.63) is 21.9 Å². The summed E-state index contributed by atoms with van der Waals surface area (Å²) in [6.45, 7) is 3.47. The molecule has 1 aliphatic carbocycles. The lowest BCUT2D eigenvalue weighted by atomic mass is 10.0. The Kier molecular flexibility index (Phi) is 6.66. The molecule has 2 fully saturated rings. The van der Waals surface area contributed by atoms with Crippen molar-refractivity contribution < 1.29 is 9.59 Å². The molecule has 2 aliphatic rings. The Balaban J connectivity index is 0.00000208. The molecule has 7 heteroatoms. The monoisotopic (exact) mass is 371 g/mol. The molecule has 5 nitrogen and oxygen atoms in total. The van der Waals surface area contributed by atoms with Gasteiger partial charge in [-0.15, -0.1) is 23.7 Å². The first-order chi connectivity index (χ1) is 11.0. The first-order valence-electron chi connectivity index (χ1n) is 8.44. The van der Waals surface area contributed by atoms with Gasteiger partial charge in [0, 0.05) is 36.0 Å². The van der Waals surface area contributed by atoms with Gasteiger partial charge < -0.3 is 16.0 Å². The van der Waals surface area contributed by atoms with Crippen LogP contribution < -0.4 is 11.1 Å². The molecule has 2 unspecified atom stereocenters. The fourth-order valence-corrected chi connectivity index (χ4v) is 4.33. The summed E-state index contributed by atoms with van der Waals surface area (Å²) in [6, 6.07) is 4.19. The molecule has 2 amide bonds. The summed E-state index contributed by atoms with van der Waals surface area (Å²) in [5.41, 5.74) is 5.91. The first kappa shape index (κ1) is 19.2. The number of piperidine rings is 1. The number of nitrogens with two attached hydrogens (primary N) is 1. The molecule has 3 N–H and O–H groups in total. The van der Waals surface area contributed by atoms with Crippen LogP contribution in [-0.2, 0) is 4.79 Å². The van der Waals surface area contributed by atoms with Crippen molar-refractivity contribution in [1.82, 2.24) is 10.2 Å². The molecule has 0 aromatic carbocycles. The Labute approximate surface area is 153 Å². The highest BCUT2D eigenvalue weighted by atomic mass is 35.5. The molecule has 134 valence electrons. The van der Waals surface area contributed by atoms with E-state index in [0.29, 0.717) is 0 Å². The van der Waals surface area contributed by atoms with Crippen molar-refractivity contribution in [2.75, 3.05) is 13.1 Å². The minimum absolute atomic E-state index is 0. The summed E-state index contributed by atoms with van der Waals surface area (Å²) < 4.78 is 0. The van der Waals surface area contributed by atoms with Crippen LogP contribution in [0.5, 0.6) is 0 Å². The number of aryl methyl sites for hydroxylation is 1. The number of rotatable bonds is 3. The Morgan fingerprint density at radius 2 is 1.92 bits per heavy atom. The lowest BCUT2D eigenvalue weighted by Gasteiger charge is -2.33. The van der Waals surface area contributed by atoms with Crippen LogP contribution in [-0.4, -0.2) is 41.9 Å². The molecular weight excluding hydrogens is 346 g/mol. The largest absolute Gasteiger partial charge is 0.348 e. The Bertz CT molecular complexity index is 584. The highest BCUT2D eigenvalue weighted by Gasteiger charge is 2.33. The first-order valence-corrected chi connectivity index (χ1v) is 9.26. The Morgan fingerprint density at radius 3 is 2.46 bits per heavy atom. The van der Waals surface area contributed by atoms with Gasteiger partial charge in [0.15, 0.2) is 0 Å². The smallest absolute Gasteiger partial charge is 0.261 e. The van der Waals surface area contributed by atoms with E-state index in [4.69, 9.17) is 5.73 Å². The van der Waals surface area contributed by atoms with E-state index >= 15 is 0 Å². The van der Waals surface area contributed by atoms with Crippen LogP contribution in [0, 0.1) is 12.8 Å². The third-order valence-electron chi connectivity index (χ3n) is 4.93. The van der Waals surface area contributed by atoms with E-state index in [-0.39, 0.29) is 42.2 Å². The maximum Gasteiger partial charge on any atom is 0.261 e. The molecule has 1 saturated carbocycles. The van der Waals surface area contributed by atoms with Crippen molar-refractivity contribution in [3.8, 4) is 0 Å². The number of hydrogen-bond donors (Lipinski definition) is 2. The molecule has 2 heterocycles. The highest BCUT2D eigenvalue weighted by Crippen LogP contribution is 2.27. The lowest BCUT2D eigenvalue weighted by Crippen LogP contribution is -2.47. The summed E-state index contributed by atoms with van der Waals surface area (Å²) in [5, 5.41) is 3.10. The second kappa shape index (κ2) is 8.32. The van der Waals surface area contributed by atoms with Crippen LogP contribution in [0.4, 0.5) is 0 Å². The third-order valence-corrected chi connectivity index (χ3v) is 5.93. The van der Waals surface area contributed by atoms with Crippen molar-refractivity contribution in [2.24, 2.45) is 11.7 Å². The van der Waals surface area contributed by atoms with Gasteiger partial charge in [-0.25, -0.2) is 0 Å². The molecule has 0 bridgehead atoms. The van der Waals surface area contributed by atoms with Gasteiger partial charge in [0.05, 0.1) is 4.88 Å². The predicted molar refractivity (Wildman–Crippen MR) is 98.7 cm³/mol. The fourth-order valence-electron chi connectivity index (χ4n) is 3.56. The number of amides is 2. The summed E-state index contributed by atoms with van der Waals surface area (Å²) in [5.74, 6) is 0.386. The number of halogens is 1. The molecule has 1 saturated heterocycles. The van der Waals surface area contributed by atoms with E-state index in [1.54, 1.807) is 0 Å². The second-order valence-electron chi connectivity index (χ2n) is 6.75. The number of nitrogens with one attached hydrogen (secondary N) is 1. The number of likely N-dealkylation sites (tertiary alicyclic amines) is 1. The van der Waals surface area contributed by atoms with Crippen LogP contribution >= 0.6 is 23.7 Å². The van der Waals surface area contributed by atoms with Crippen molar-refractivity contribution >= 4 is 35.6 Å². The maximum absolute atomic E-state index is 12.5. The van der Waals surface area contributed by atoms with Crippen molar-refractivity contribution in [3.63, 3.8) is 0 Å². The average Bonchev–Trinajstić information content (AvgIpc) is 3.16. The van der Waals surface area contributed by atoms with Crippen LogP contribution in [0.25, 0.3) is 0 Å². The van der Waals surface area contributed by atoms with E-state index < -0.39 is 0 Å². The molecule has 3 rings (SSSR count). The van der Waals surface area contributed by atoms with Crippen LogP contribution in [0.3, 0.4) is 0 Å². The SMILES string of the molecule is Cc1ccc(C(=O)NC2CCN(C(=O)C3CCC(N)C3)CC2)s1.Cl. The van der Waals surface area contributed by atoms with E-state index in [2.05, 4.69) is 5.32 Å². The topological polar surface area (TPSA) is 75.4 Å². The molecule has 2 atom stereocenters. The summed E-state index contributed by atoms with van der Waals surface area (Å²) in [7, 11) is 0. The van der Waals surface area contributed by atoms with Gasteiger partial charge in [0.25, 0.3) is 5.91 Å². The van der Waals surface area contributed by atoms with Gasteiger partial charge in [-0.2, -0.15) is 0 Å². The number of carbonyl (C=O) groups is 2. The number of thiophene rings is 1. The van der Waals surface area contributed by atoms with Gasteiger partial charge in [-0.05, 0) is 51.2 Å². The number of nitrogens with zero attached hydrogens (tertiary/aromatic N) is 1. The molecule has 0 spiro atoms. The van der Waals surface area contributed by atoms with Crippen molar-refractivity contribution in [2.45, 2.75) is 51.1 Å². The molecule has 0 radical (unpaired) electrons. The van der Waals surface area contributed by atoms with E-state index in [1.165, 1.54) is 11.3 Å². The third kappa shape index (κ3) is 4.49. The minimum Gasteiger partial charge on any atom is -0.348 e. The maximum atomic E-state index is 12.5. The van der Waals surface area contributed by atoms with Gasteiger partial charge >= 0.3 is 0 Å². The Hall–Kier alpha value is -1.11. The van der Waals surface area contributed by atoms with E-state index in [9.17, 15) is 9.59 Å². The van der Waals surface area contributed by atoms with Gasteiger partial charge in [-0.1, -0.05) is 0 Å². The zero-order valence-corrected chi connectivity index (χ0v) is 15.6. The van der Waals surface area contributed by atoms with Crippen molar-refractivity contribution in [1.29, 1.82) is 0 Å². The van der Waals surface area contributed by atoms with Gasteiger partial charge in [0.1, 0.15) is 0 Å². The predicted octanol–water partition coefficient (Wildman–Crippen LogP) is 2.33. The Morgan fingerprint density at radius 1 is 1.21 bits per heavy atom. The summed E-state index contributed by atoms with van der Waals surface area (Å²) in [6.07, 6.45) is 4.38. The summed E-state index contributed by atoms with van der Waals surface area (Å²) >= 11 is 1.52. The quantitative estimate of drug-likeness (QED) is 0.856. The fraction of sp³-hybridized carbons (Fsp3) is 0.647. The van der Waals surface area contributed by atoms with Gasteiger partial charge in [0.2, 0.25) is 5.91 Å². The molecule has 1 aromatic heterocycles. The van der Waals surface area contributed by atoms with Crippen LogP contribution in [0.1, 0.15) is 46.7 Å². The van der Waals surface area contributed by atoms with E-state index in [0.717, 1.165) is 54.9 Å². The van der Waals surface area contributed by atoms with E-state index in [1.807, 2.05) is 24.0 Å². The average molecular weight is 372 g/mol. The standard InChI is InChI=1S/C17H25N3O2S.ClH/c1-11-2-5-15(23-11)16(21)19-14-6-8-20(9-7-14)17(22)12-3-4-13(18)10-12;/h2,5,12-14H,3-4,6-10,18H2,1H3,(H,19,21);1H.